The third-order valence-electron chi connectivity index (χ3n) is 5.11. The molecule has 2 N–H and O–H groups in total. The second-order valence-electron chi connectivity index (χ2n) is 7.49. The molecule has 0 saturated heterocycles. The van der Waals surface area contributed by atoms with Gasteiger partial charge in [0.25, 0.3) is 0 Å². The topological polar surface area (TPSA) is 141 Å². The van der Waals surface area contributed by atoms with Crippen LogP contribution in [0.4, 0.5) is 5.82 Å². The number of phenolic OH excluding ortho intramolecular Hbond substituents is 1. The predicted octanol–water partition coefficient (Wildman–Crippen LogP) is 2.53. The predicted molar refractivity (Wildman–Crippen MR) is 125 cm³/mol. The van der Waals surface area contributed by atoms with Crippen LogP contribution in [0.3, 0.4) is 0 Å². The van der Waals surface area contributed by atoms with Crippen LogP contribution in [-0.4, -0.2) is 57.9 Å². The normalized spacial score (nSPS) is 15.2. The number of para-hydroxylation sites is 1. The van der Waals surface area contributed by atoms with E-state index < -0.39 is 15.3 Å². The summed E-state index contributed by atoms with van der Waals surface area (Å²) < 4.78 is 39.6. The summed E-state index contributed by atoms with van der Waals surface area (Å²) in [5.41, 5.74) is 6.66. The second kappa shape index (κ2) is 8.35. The van der Waals surface area contributed by atoms with Crippen molar-refractivity contribution in [1.29, 1.82) is 0 Å². The number of ether oxygens (including phenoxy) is 2. The Morgan fingerprint density at radius 2 is 2.12 bits per heavy atom. The number of sulfonamides is 1. The fourth-order valence-corrected chi connectivity index (χ4v) is 4.76. The summed E-state index contributed by atoms with van der Waals surface area (Å²) in [5.74, 6) is 0.857. The van der Waals surface area contributed by atoms with E-state index in [0.29, 0.717) is 31.1 Å². The molecule has 0 amide bonds. The number of phenols is 1. The first kappa shape index (κ1) is 21.7. The summed E-state index contributed by atoms with van der Waals surface area (Å²) in [6.45, 7) is 2.24. The molecule has 3 heterocycles. The van der Waals surface area contributed by atoms with E-state index in [0.717, 1.165) is 0 Å². The molecule has 1 aliphatic heterocycles. The van der Waals surface area contributed by atoms with Crippen LogP contribution >= 0.6 is 0 Å². The maximum atomic E-state index is 12.4. The van der Waals surface area contributed by atoms with Gasteiger partial charge in [-0.05, 0) is 37.6 Å². The Labute approximate surface area is 194 Å². The molecule has 174 valence electrons. The van der Waals surface area contributed by atoms with E-state index in [9.17, 15) is 13.5 Å². The lowest BCUT2D eigenvalue weighted by molar-refractivity contribution is 0.330. The Hall–Kier alpha value is -4.11. The van der Waals surface area contributed by atoms with Crippen molar-refractivity contribution in [3.8, 4) is 17.2 Å². The van der Waals surface area contributed by atoms with E-state index in [1.54, 1.807) is 18.2 Å². The molecule has 0 spiro atoms. The van der Waals surface area contributed by atoms with Gasteiger partial charge in [0, 0.05) is 0 Å². The van der Waals surface area contributed by atoms with Crippen LogP contribution in [0, 0.1) is 0 Å². The number of rotatable bonds is 7. The molecule has 0 radical (unpaired) electrons. The first-order valence-electron chi connectivity index (χ1n) is 10.5. The number of aromatic hydroxyl groups is 1. The molecule has 2 aromatic heterocycles. The van der Waals surface area contributed by atoms with E-state index in [1.807, 2.05) is 6.92 Å². The third kappa shape index (κ3) is 3.90. The standard InChI is InChI=1S/C22H20N6O5S/c1-3-33-18-9-4-6-14(24-18)21-26-20-22(28(21)19-15(29)7-5-8-16(19)32-2)23-12-17(25-20)27-34(30,31)13-10-11-13/h5,7-9,12-13,29H,3,10-11H2,1-2H3,(H,25,27). The molecule has 0 bridgehead atoms. The van der Waals surface area contributed by atoms with Gasteiger partial charge in [0.1, 0.15) is 17.2 Å². The molecule has 5 rings (SSSR count). The largest absolute Gasteiger partial charge is 0.506 e. The molecule has 12 heteroatoms. The van der Waals surface area contributed by atoms with Crippen molar-refractivity contribution in [2.75, 3.05) is 18.4 Å². The number of aromatic nitrogens is 4. The zero-order valence-corrected chi connectivity index (χ0v) is 19.1. The molecule has 2 aliphatic rings. The summed E-state index contributed by atoms with van der Waals surface area (Å²) >= 11 is 0. The number of imidazole rings is 1. The smallest absolute Gasteiger partial charge is 0.236 e. The van der Waals surface area contributed by atoms with Crippen LogP contribution in [0.1, 0.15) is 25.6 Å². The van der Waals surface area contributed by atoms with Gasteiger partial charge in [-0.1, -0.05) is 11.8 Å². The summed E-state index contributed by atoms with van der Waals surface area (Å²) in [4.78, 5) is 17.7. The maximum absolute atomic E-state index is 12.4. The van der Waals surface area contributed by atoms with Gasteiger partial charge in [-0.2, -0.15) is 0 Å². The number of methoxy groups -OCH3 is 1. The molecule has 1 fully saturated rings. The number of anilines is 1. The van der Waals surface area contributed by atoms with Gasteiger partial charge in [-0.25, -0.2) is 28.4 Å². The third-order valence-corrected chi connectivity index (χ3v) is 6.96. The van der Waals surface area contributed by atoms with Gasteiger partial charge in [0.05, 0.1) is 31.2 Å². The van der Waals surface area contributed by atoms with Gasteiger partial charge in [-0.15, -0.1) is 0 Å². The van der Waals surface area contributed by atoms with E-state index >= 15 is 0 Å². The van der Waals surface area contributed by atoms with Gasteiger partial charge < -0.3 is 14.6 Å². The Morgan fingerprint density at radius 3 is 2.85 bits per heavy atom. The summed E-state index contributed by atoms with van der Waals surface area (Å²) in [7, 11) is -2.06. The number of aliphatic imine (C=N–C) groups is 1. The first-order valence-corrected chi connectivity index (χ1v) is 12.0. The van der Waals surface area contributed by atoms with Crippen molar-refractivity contribution in [1.82, 2.24) is 19.5 Å². The molecule has 1 aliphatic carbocycles. The maximum Gasteiger partial charge on any atom is 0.236 e. The number of nitrogens with one attached hydrogen (secondary N) is 1. The van der Waals surface area contributed by atoms with Crippen molar-refractivity contribution < 1.29 is 23.0 Å². The summed E-state index contributed by atoms with van der Waals surface area (Å²) in [5, 5.41) is 10.3. The Balaban J connectivity index is 1.72. The van der Waals surface area contributed by atoms with E-state index in [1.165, 1.54) is 23.9 Å². The molecule has 11 nitrogen and oxygen atoms in total. The van der Waals surface area contributed by atoms with Crippen LogP contribution in [0.5, 0.6) is 11.5 Å². The van der Waals surface area contributed by atoms with Crippen molar-refractivity contribution in [3.63, 3.8) is 0 Å². The van der Waals surface area contributed by atoms with Crippen LogP contribution in [0.25, 0.3) is 22.7 Å². The molecule has 3 aromatic rings. The fourth-order valence-electron chi connectivity index (χ4n) is 3.45. The van der Waals surface area contributed by atoms with Gasteiger partial charge in [0.15, 0.2) is 23.0 Å². The number of benzene rings is 1. The summed E-state index contributed by atoms with van der Waals surface area (Å²) in [6, 6.07) is 4.82. The molecule has 1 saturated carbocycles. The van der Waals surface area contributed by atoms with Crippen LogP contribution in [0.2, 0.25) is 0 Å². The lowest BCUT2D eigenvalue weighted by atomic mass is 10.2. The molecule has 1 aromatic carbocycles. The van der Waals surface area contributed by atoms with Gasteiger partial charge in [-0.3, -0.25) is 9.29 Å². The monoisotopic (exact) mass is 480 g/mol. The van der Waals surface area contributed by atoms with Crippen molar-refractivity contribution in [2.45, 2.75) is 25.0 Å². The van der Waals surface area contributed by atoms with Gasteiger partial charge >= 0.3 is 0 Å². The number of hydrogen-bond acceptors (Lipinski definition) is 9. The highest BCUT2D eigenvalue weighted by molar-refractivity contribution is 7.93. The average Bonchev–Trinajstić information content (AvgIpc) is 3.62. The zero-order chi connectivity index (χ0) is 23.9. The van der Waals surface area contributed by atoms with E-state index in [4.69, 9.17) is 9.47 Å². The molecule has 0 atom stereocenters. The van der Waals surface area contributed by atoms with Crippen molar-refractivity contribution >= 4 is 38.7 Å². The second-order valence-corrected chi connectivity index (χ2v) is 9.45. The number of fused-ring (bicyclic) bond motifs is 1. The minimum absolute atomic E-state index is 0.0476. The molecule has 34 heavy (non-hydrogen) atoms. The van der Waals surface area contributed by atoms with Crippen molar-refractivity contribution in [3.05, 3.63) is 47.8 Å². The molecular weight excluding hydrogens is 460 g/mol. The van der Waals surface area contributed by atoms with Gasteiger partial charge in [0.2, 0.25) is 21.6 Å². The van der Waals surface area contributed by atoms with Crippen molar-refractivity contribution in [2.24, 2.45) is 4.99 Å². The quantitative estimate of drug-likeness (QED) is 0.492. The number of nitrogens with zero attached hydrogens (tertiary/aromatic N) is 5. The number of hydrogen-bond donors (Lipinski definition) is 2. The highest BCUT2D eigenvalue weighted by Gasteiger charge is 2.36. The summed E-state index contributed by atoms with van der Waals surface area (Å²) in [6.07, 6.45) is 4.08. The zero-order valence-electron chi connectivity index (χ0n) is 18.3. The van der Waals surface area contributed by atoms with Crippen LogP contribution in [-0.2, 0) is 14.8 Å². The average molecular weight is 481 g/mol. The Bertz CT molecular complexity index is 1540. The minimum Gasteiger partial charge on any atom is -0.506 e. The van der Waals surface area contributed by atoms with E-state index in [2.05, 4.69) is 36.1 Å². The van der Waals surface area contributed by atoms with Crippen LogP contribution in [0.15, 0.2) is 46.9 Å². The Kier molecular flexibility index (Phi) is 5.33. The molecular formula is C22H20N6O5S. The fraction of sp³-hybridized carbons (Fsp3) is 0.273. The minimum atomic E-state index is -3.53. The SMILES string of the molecule is CCOC1=NC(c2nc3nc(NS(=O)(=O)C4CC4)cnc3n2-c2c(O)cccc2OC)=C=C=C1. The molecule has 0 unspecified atom stereocenters. The van der Waals surface area contributed by atoms with E-state index in [-0.39, 0.29) is 40.1 Å². The highest BCUT2D eigenvalue weighted by Crippen LogP contribution is 2.37. The lowest BCUT2D eigenvalue weighted by Crippen LogP contribution is -2.18. The Morgan fingerprint density at radius 1 is 1.29 bits per heavy atom. The van der Waals surface area contributed by atoms with Crippen LogP contribution < -0.4 is 9.46 Å². The lowest BCUT2D eigenvalue weighted by Gasteiger charge is -2.14. The first-order chi connectivity index (χ1) is 16.4. The highest BCUT2D eigenvalue weighted by atomic mass is 32.2.